The van der Waals surface area contributed by atoms with E-state index in [0.29, 0.717) is 48.4 Å². The zero-order chi connectivity index (χ0) is 25.4. The molecule has 1 fully saturated rings. The molecule has 3 N–H and O–H groups in total. The second-order valence-electron chi connectivity index (χ2n) is 8.90. The summed E-state index contributed by atoms with van der Waals surface area (Å²) >= 11 is 0. The van der Waals surface area contributed by atoms with Crippen molar-refractivity contribution >= 4 is 29.7 Å². The van der Waals surface area contributed by atoms with E-state index in [9.17, 15) is 13.6 Å². The molecule has 36 heavy (non-hydrogen) atoms. The number of aryl methyl sites for hydroxylation is 2. The second kappa shape index (κ2) is 9.11. The number of nitrogens with one attached hydrogen (secondary N) is 1. The summed E-state index contributed by atoms with van der Waals surface area (Å²) in [6.45, 7) is 2.52. The number of anilines is 2. The van der Waals surface area contributed by atoms with Crippen molar-refractivity contribution in [3.8, 4) is 0 Å². The number of aliphatic imine (C=N–C) groups is 1. The molecule has 0 unspecified atom stereocenters. The molecule has 1 saturated heterocycles. The maximum absolute atomic E-state index is 13.7. The van der Waals surface area contributed by atoms with Crippen molar-refractivity contribution in [3.63, 3.8) is 0 Å². The van der Waals surface area contributed by atoms with Gasteiger partial charge in [0.05, 0.1) is 24.9 Å². The Morgan fingerprint density at radius 1 is 1.28 bits per heavy atom. The van der Waals surface area contributed by atoms with Crippen LogP contribution in [0.2, 0.25) is 0 Å². The van der Waals surface area contributed by atoms with Gasteiger partial charge in [0.15, 0.2) is 17.5 Å². The molecule has 2 aromatic heterocycles. The van der Waals surface area contributed by atoms with Gasteiger partial charge >= 0.3 is 0 Å². The van der Waals surface area contributed by atoms with Crippen LogP contribution in [0.25, 0.3) is 0 Å². The number of ether oxygens (including phenoxy) is 1. The van der Waals surface area contributed by atoms with Crippen LogP contribution in [0.4, 0.5) is 26.4 Å². The number of amides is 1. The highest BCUT2D eigenvalue weighted by molar-refractivity contribution is 6.01. The lowest BCUT2D eigenvalue weighted by molar-refractivity contribution is -0.169. The molecule has 0 aliphatic carbocycles. The Kier molecular flexibility index (Phi) is 5.96. The highest BCUT2D eigenvalue weighted by Crippen LogP contribution is 2.38. The second-order valence-corrected chi connectivity index (χ2v) is 8.90. The van der Waals surface area contributed by atoms with Crippen molar-refractivity contribution in [1.29, 1.82) is 0 Å². The quantitative estimate of drug-likeness (QED) is 0.505. The molecule has 3 aromatic rings. The largest absolute Gasteiger partial charge is 0.394 e. The van der Waals surface area contributed by atoms with Crippen molar-refractivity contribution in [2.24, 2.45) is 17.8 Å². The first-order valence-electron chi connectivity index (χ1n) is 11.2. The topological polar surface area (TPSA) is 124 Å². The van der Waals surface area contributed by atoms with Crippen molar-refractivity contribution in [2.45, 2.75) is 25.4 Å². The average Bonchev–Trinajstić information content (AvgIpc) is 3.23. The third-order valence-electron chi connectivity index (χ3n) is 6.33. The van der Waals surface area contributed by atoms with Gasteiger partial charge < -0.3 is 20.7 Å². The molecule has 5 rings (SSSR count). The number of carbonyl (C=O) groups is 1. The summed E-state index contributed by atoms with van der Waals surface area (Å²) in [6.07, 6.45) is 5.25. The minimum Gasteiger partial charge on any atom is -0.394 e. The Labute approximate surface area is 205 Å². The van der Waals surface area contributed by atoms with Crippen molar-refractivity contribution in [2.75, 3.05) is 18.5 Å². The number of nitrogens with two attached hydrogens (primary N) is 1. The molecule has 186 valence electrons. The number of carbonyl (C=O) groups excluding carboxylic acids is 1. The first kappa shape index (κ1) is 23.5. The molecule has 0 bridgehead atoms. The van der Waals surface area contributed by atoms with Crippen LogP contribution in [0, 0.1) is 18.6 Å². The summed E-state index contributed by atoms with van der Waals surface area (Å²) in [4.78, 5) is 28.1. The van der Waals surface area contributed by atoms with Crippen LogP contribution in [-0.4, -0.2) is 55.5 Å². The van der Waals surface area contributed by atoms with Gasteiger partial charge in [0.1, 0.15) is 11.5 Å². The number of benzene rings is 1. The average molecular weight is 495 g/mol. The van der Waals surface area contributed by atoms with Gasteiger partial charge in [0, 0.05) is 49.6 Å². The summed E-state index contributed by atoms with van der Waals surface area (Å²) < 4.78 is 34.2. The summed E-state index contributed by atoms with van der Waals surface area (Å²) in [6, 6.07) is 5.37. The van der Waals surface area contributed by atoms with Gasteiger partial charge in [-0.05, 0) is 24.6 Å². The van der Waals surface area contributed by atoms with Gasteiger partial charge in [-0.1, -0.05) is 6.07 Å². The molecule has 4 heterocycles. The number of hydrogen-bond acceptors (Lipinski definition) is 8. The van der Waals surface area contributed by atoms with Gasteiger partial charge in [0.25, 0.3) is 5.91 Å². The smallest absolute Gasteiger partial charge is 0.270 e. The van der Waals surface area contributed by atoms with Crippen LogP contribution in [0.3, 0.4) is 0 Å². The number of hydrogen-bond donors (Lipinski definition) is 2. The van der Waals surface area contributed by atoms with E-state index in [2.05, 4.69) is 25.4 Å². The highest BCUT2D eigenvalue weighted by Gasteiger charge is 2.50. The van der Waals surface area contributed by atoms with E-state index in [4.69, 9.17) is 10.5 Å². The van der Waals surface area contributed by atoms with Crippen LogP contribution < -0.4 is 11.1 Å². The van der Waals surface area contributed by atoms with Crippen LogP contribution in [0.5, 0.6) is 0 Å². The Morgan fingerprint density at radius 2 is 2.08 bits per heavy atom. The van der Waals surface area contributed by atoms with Crippen LogP contribution in [0.1, 0.15) is 17.5 Å². The Morgan fingerprint density at radius 3 is 2.75 bits per heavy atom. The Bertz CT molecular complexity index is 1400. The van der Waals surface area contributed by atoms with Gasteiger partial charge in [-0.2, -0.15) is 10.1 Å². The zero-order valence-electron chi connectivity index (χ0n) is 19.7. The predicted molar refractivity (Wildman–Crippen MR) is 128 cm³/mol. The maximum Gasteiger partial charge on any atom is 0.270 e. The third-order valence-corrected chi connectivity index (χ3v) is 6.33. The van der Waals surface area contributed by atoms with Gasteiger partial charge in [0.2, 0.25) is 5.95 Å². The van der Waals surface area contributed by atoms with E-state index in [1.165, 1.54) is 6.07 Å². The Hall–Kier alpha value is -4.19. The number of aromatic nitrogens is 4. The summed E-state index contributed by atoms with van der Waals surface area (Å²) in [5, 5.41) is 7.18. The first-order valence-corrected chi connectivity index (χ1v) is 11.2. The van der Waals surface area contributed by atoms with Crippen LogP contribution >= 0.6 is 0 Å². The maximum atomic E-state index is 13.7. The monoisotopic (exact) mass is 494 g/mol. The molecule has 0 saturated carbocycles. The molecule has 10 nitrogen and oxygen atoms in total. The van der Waals surface area contributed by atoms with Crippen molar-refractivity contribution < 1.29 is 18.3 Å². The van der Waals surface area contributed by atoms with Gasteiger partial charge in [-0.3, -0.25) is 9.48 Å². The van der Waals surface area contributed by atoms with E-state index >= 15 is 0 Å². The molecule has 1 spiro atoms. The summed E-state index contributed by atoms with van der Waals surface area (Å²) in [5.41, 5.74) is 7.39. The number of halogens is 2. The van der Waals surface area contributed by atoms with Gasteiger partial charge in [-0.15, -0.1) is 0 Å². The highest BCUT2D eigenvalue weighted by atomic mass is 19.2. The Balaban J connectivity index is 1.40. The number of nitrogens with zero attached hydrogens (tertiary/aromatic N) is 6. The van der Waals surface area contributed by atoms with E-state index in [1.807, 2.05) is 6.92 Å². The molecule has 2 aliphatic heterocycles. The van der Waals surface area contributed by atoms with Crippen molar-refractivity contribution in [3.05, 3.63) is 70.7 Å². The fourth-order valence-electron chi connectivity index (χ4n) is 4.19. The van der Waals surface area contributed by atoms with E-state index in [1.54, 1.807) is 41.3 Å². The molecular weight excluding hydrogens is 470 g/mol. The molecule has 0 atom stereocenters. The minimum absolute atomic E-state index is 0.0406. The SMILES string of the molecule is Cc1cnc(Nc2ccnn2C)nc1N=CC1=C(N)C(=O)N(Cc2ccc(F)c(F)c2)C2(COC2)C1. The lowest BCUT2D eigenvalue weighted by Crippen LogP contribution is -2.66. The lowest BCUT2D eigenvalue weighted by atomic mass is 9.82. The zero-order valence-corrected chi connectivity index (χ0v) is 19.7. The molecule has 12 heteroatoms. The summed E-state index contributed by atoms with van der Waals surface area (Å²) in [5.74, 6) is -0.836. The molecule has 2 aliphatic rings. The first-order chi connectivity index (χ1) is 17.3. The van der Waals surface area contributed by atoms with Gasteiger partial charge in [-0.25, -0.2) is 18.8 Å². The molecule has 1 aromatic carbocycles. The van der Waals surface area contributed by atoms with Crippen LogP contribution in [0.15, 0.2) is 52.9 Å². The standard InChI is InChI=1S/C24H24F2N8O2/c1-14-9-29-23(31-19-5-6-30-33(19)2)32-21(14)28-10-16-8-24(12-36-13-24)34(22(35)20(16)27)11-15-3-4-17(25)18(26)7-15/h3-7,9-10H,8,11-13,27H2,1-2H3,(H,29,31,32). The summed E-state index contributed by atoms with van der Waals surface area (Å²) in [7, 11) is 1.79. The fraction of sp³-hybridized carbons (Fsp3) is 0.292. The minimum atomic E-state index is -0.968. The predicted octanol–water partition coefficient (Wildman–Crippen LogP) is 2.66. The lowest BCUT2D eigenvalue weighted by Gasteiger charge is -2.52. The normalized spacial score (nSPS) is 17.2. The fourth-order valence-corrected chi connectivity index (χ4v) is 4.19. The number of rotatable bonds is 6. The molecular formula is C24H24F2N8O2. The molecule has 0 radical (unpaired) electrons. The third kappa shape index (κ3) is 4.31. The van der Waals surface area contributed by atoms with Crippen molar-refractivity contribution in [1.82, 2.24) is 24.6 Å². The van der Waals surface area contributed by atoms with Crippen LogP contribution in [-0.2, 0) is 23.1 Å². The van der Waals surface area contributed by atoms with E-state index in [-0.39, 0.29) is 12.2 Å². The van der Waals surface area contributed by atoms with E-state index < -0.39 is 23.1 Å². The molecule has 1 amide bonds. The van der Waals surface area contributed by atoms with E-state index in [0.717, 1.165) is 17.7 Å².